The predicted octanol–water partition coefficient (Wildman–Crippen LogP) is 8.71. The van der Waals surface area contributed by atoms with Gasteiger partial charge in [-0.2, -0.15) is 5.26 Å². The third-order valence-electron chi connectivity index (χ3n) is 4.30. The Kier molecular flexibility index (Phi) is 8.16. The second kappa shape index (κ2) is 10.6. The Bertz CT molecular complexity index is 1200. The van der Waals surface area contributed by atoms with Gasteiger partial charge < -0.3 is 9.47 Å². The van der Waals surface area contributed by atoms with Gasteiger partial charge in [0.1, 0.15) is 6.61 Å². The standard InChI is InChI=1S/C23H14BrCl4NO2/c1-30-22-8-13(6-16(11-29)14-3-5-19(26)21(28)9-14)7-18(24)23(22)31-12-15-2-4-17(25)10-20(15)27/h2-10H,12H2,1H3/b16-6-. The number of hydrogen-bond donors (Lipinski definition) is 0. The molecular weight excluding hydrogens is 544 g/mol. The van der Waals surface area contributed by atoms with E-state index in [4.69, 9.17) is 55.9 Å². The van der Waals surface area contributed by atoms with Crippen LogP contribution in [0.5, 0.6) is 11.5 Å². The van der Waals surface area contributed by atoms with Crippen molar-refractivity contribution in [3.05, 3.63) is 89.8 Å². The van der Waals surface area contributed by atoms with E-state index >= 15 is 0 Å². The molecule has 3 aromatic rings. The number of benzene rings is 3. The van der Waals surface area contributed by atoms with Crippen LogP contribution in [0.2, 0.25) is 20.1 Å². The molecule has 0 amide bonds. The molecule has 0 N–H and O–H groups in total. The maximum absolute atomic E-state index is 9.62. The van der Waals surface area contributed by atoms with Gasteiger partial charge >= 0.3 is 0 Å². The number of rotatable bonds is 6. The first-order chi connectivity index (χ1) is 14.8. The van der Waals surface area contributed by atoms with Crippen LogP contribution in [0.4, 0.5) is 0 Å². The molecule has 158 valence electrons. The summed E-state index contributed by atoms with van der Waals surface area (Å²) < 4.78 is 12.1. The van der Waals surface area contributed by atoms with Gasteiger partial charge in [0.05, 0.1) is 33.3 Å². The highest BCUT2D eigenvalue weighted by Crippen LogP contribution is 2.39. The second-order valence-electron chi connectivity index (χ2n) is 6.36. The minimum absolute atomic E-state index is 0.229. The van der Waals surface area contributed by atoms with Gasteiger partial charge in [-0.15, -0.1) is 0 Å². The van der Waals surface area contributed by atoms with Crippen molar-refractivity contribution in [3.8, 4) is 17.6 Å². The summed E-state index contributed by atoms with van der Waals surface area (Å²) in [4.78, 5) is 0. The van der Waals surface area contributed by atoms with E-state index < -0.39 is 0 Å². The zero-order valence-corrected chi connectivity index (χ0v) is 20.7. The van der Waals surface area contributed by atoms with Crippen molar-refractivity contribution in [1.29, 1.82) is 5.26 Å². The fourth-order valence-corrected chi connectivity index (χ4v) is 4.10. The van der Waals surface area contributed by atoms with Gasteiger partial charge in [-0.05, 0) is 69.5 Å². The number of nitrogens with zero attached hydrogens (tertiary/aromatic N) is 1. The van der Waals surface area contributed by atoms with Crippen LogP contribution in [-0.4, -0.2) is 7.11 Å². The van der Waals surface area contributed by atoms with Gasteiger partial charge in [0.15, 0.2) is 11.5 Å². The van der Waals surface area contributed by atoms with E-state index in [9.17, 15) is 5.26 Å². The average Bonchev–Trinajstić information content (AvgIpc) is 2.74. The highest BCUT2D eigenvalue weighted by atomic mass is 79.9. The Morgan fingerprint density at radius 3 is 2.42 bits per heavy atom. The number of nitriles is 1. The molecule has 3 nitrogen and oxygen atoms in total. The Morgan fingerprint density at radius 2 is 1.77 bits per heavy atom. The van der Waals surface area contributed by atoms with Crippen LogP contribution < -0.4 is 9.47 Å². The van der Waals surface area contributed by atoms with Gasteiger partial charge in [0.25, 0.3) is 0 Å². The molecule has 0 radical (unpaired) electrons. The van der Waals surface area contributed by atoms with E-state index in [2.05, 4.69) is 22.0 Å². The number of methoxy groups -OCH3 is 1. The zero-order chi connectivity index (χ0) is 22.5. The summed E-state index contributed by atoms with van der Waals surface area (Å²) in [7, 11) is 1.54. The van der Waals surface area contributed by atoms with Gasteiger partial charge in [-0.1, -0.05) is 58.5 Å². The van der Waals surface area contributed by atoms with Gasteiger partial charge in [0, 0.05) is 15.6 Å². The quantitative estimate of drug-likeness (QED) is 0.225. The molecular formula is C23H14BrCl4NO2. The van der Waals surface area contributed by atoms with Crippen molar-refractivity contribution < 1.29 is 9.47 Å². The molecule has 0 atom stereocenters. The van der Waals surface area contributed by atoms with Crippen LogP contribution in [-0.2, 0) is 6.61 Å². The number of allylic oxidation sites excluding steroid dienone is 1. The van der Waals surface area contributed by atoms with Gasteiger partial charge in [-0.25, -0.2) is 0 Å². The summed E-state index contributed by atoms with van der Waals surface area (Å²) in [6.07, 6.45) is 1.73. The van der Waals surface area contributed by atoms with Crippen LogP contribution in [0.15, 0.2) is 53.0 Å². The van der Waals surface area contributed by atoms with Crippen LogP contribution >= 0.6 is 62.3 Å². The summed E-state index contributed by atoms with van der Waals surface area (Å²) in [6, 6.07) is 16.1. The lowest BCUT2D eigenvalue weighted by atomic mass is 10.0. The predicted molar refractivity (Wildman–Crippen MR) is 131 cm³/mol. The molecule has 0 heterocycles. The minimum Gasteiger partial charge on any atom is -0.493 e. The van der Waals surface area contributed by atoms with Crippen LogP contribution in [0.25, 0.3) is 11.6 Å². The lowest BCUT2D eigenvalue weighted by Gasteiger charge is -2.14. The summed E-state index contributed by atoms with van der Waals surface area (Å²) in [5, 5.41) is 11.5. The smallest absolute Gasteiger partial charge is 0.175 e. The lowest BCUT2D eigenvalue weighted by molar-refractivity contribution is 0.282. The molecule has 0 bridgehead atoms. The van der Waals surface area contributed by atoms with Crippen molar-refractivity contribution in [2.45, 2.75) is 6.61 Å². The third-order valence-corrected chi connectivity index (χ3v) is 6.22. The first-order valence-electron chi connectivity index (χ1n) is 8.84. The van der Waals surface area contributed by atoms with E-state index in [1.807, 2.05) is 6.07 Å². The topological polar surface area (TPSA) is 42.2 Å². The summed E-state index contributed by atoms with van der Waals surface area (Å²) in [5.41, 5.74) is 2.61. The number of hydrogen-bond acceptors (Lipinski definition) is 3. The van der Waals surface area contributed by atoms with E-state index in [0.717, 1.165) is 11.1 Å². The fourth-order valence-electron chi connectivity index (χ4n) is 2.76. The zero-order valence-electron chi connectivity index (χ0n) is 16.1. The molecule has 0 unspecified atom stereocenters. The Labute approximate surface area is 208 Å². The molecule has 0 spiro atoms. The van der Waals surface area contributed by atoms with Crippen molar-refractivity contribution in [2.75, 3.05) is 7.11 Å². The molecule has 0 fully saturated rings. The fraction of sp³-hybridized carbons (Fsp3) is 0.0870. The molecule has 3 rings (SSSR count). The first-order valence-corrected chi connectivity index (χ1v) is 11.1. The maximum Gasteiger partial charge on any atom is 0.175 e. The second-order valence-corrected chi connectivity index (χ2v) is 8.87. The SMILES string of the molecule is COc1cc(/C=C(/C#N)c2ccc(Cl)c(Cl)c2)cc(Br)c1OCc1ccc(Cl)cc1Cl. The van der Waals surface area contributed by atoms with Crippen molar-refractivity contribution in [1.82, 2.24) is 0 Å². The highest BCUT2D eigenvalue weighted by Gasteiger charge is 2.14. The summed E-state index contributed by atoms with van der Waals surface area (Å²) in [6.45, 7) is 0.229. The first kappa shape index (κ1) is 23.8. The Hall–Kier alpha value is -1.87. The average molecular weight is 558 g/mol. The monoisotopic (exact) mass is 555 g/mol. The maximum atomic E-state index is 9.62. The molecule has 8 heteroatoms. The third kappa shape index (κ3) is 5.88. The number of halogens is 5. The van der Waals surface area contributed by atoms with Crippen LogP contribution in [0.1, 0.15) is 16.7 Å². The Balaban J connectivity index is 1.91. The normalized spacial score (nSPS) is 11.2. The van der Waals surface area contributed by atoms with E-state index in [0.29, 0.717) is 47.2 Å². The van der Waals surface area contributed by atoms with Gasteiger partial charge in [-0.3, -0.25) is 0 Å². The van der Waals surface area contributed by atoms with Crippen molar-refractivity contribution in [2.24, 2.45) is 0 Å². The highest BCUT2D eigenvalue weighted by molar-refractivity contribution is 9.10. The van der Waals surface area contributed by atoms with Gasteiger partial charge in [0.2, 0.25) is 0 Å². The van der Waals surface area contributed by atoms with E-state index in [-0.39, 0.29) is 6.61 Å². The molecule has 31 heavy (non-hydrogen) atoms. The minimum atomic E-state index is 0.229. The Morgan fingerprint density at radius 1 is 1.00 bits per heavy atom. The van der Waals surface area contributed by atoms with E-state index in [1.54, 1.807) is 55.7 Å². The summed E-state index contributed by atoms with van der Waals surface area (Å²) >= 11 is 27.7. The largest absolute Gasteiger partial charge is 0.493 e. The molecule has 0 aromatic heterocycles. The molecule has 0 aliphatic carbocycles. The molecule has 0 saturated carbocycles. The van der Waals surface area contributed by atoms with E-state index in [1.165, 1.54) is 0 Å². The van der Waals surface area contributed by atoms with Crippen molar-refractivity contribution in [3.63, 3.8) is 0 Å². The molecule has 0 aliphatic heterocycles. The van der Waals surface area contributed by atoms with Crippen LogP contribution in [0.3, 0.4) is 0 Å². The molecule has 3 aromatic carbocycles. The van der Waals surface area contributed by atoms with Crippen molar-refractivity contribution >= 4 is 74.0 Å². The summed E-state index contributed by atoms with van der Waals surface area (Å²) in [5.74, 6) is 1.01. The lowest BCUT2D eigenvalue weighted by Crippen LogP contribution is -2.00. The van der Waals surface area contributed by atoms with Crippen LogP contribution in [0, 0.1) is 11.3 Å². The molecule has 0 saturated heterocycles. The molecule has 0 aliphatic rings. The number of ether oxygens (including phenoxy) is 2.